The molecule has 0 spiro atoms. The molecule has 0 saturated heterocycles. The summed E-state index contributed by atoms with van der Waals surface area (Å²) in [7, 11) is 0.591. The lowest BCUT2D eigenvalue weighted by Crippen LogP contribution is -2.36. The van der Waals surface area contributed by atoms with Gasteiger partial charge in [0.05, 0.1) is 22.6 Å². The zero-order chi connectivity index (χ0) is 19.7. The molecular weight excluding hydrogens is 369 g/mol. The molecule has 27 heavy (non-hydrogen) atoms. The molecule has 1 aromatic carbocycles. The van der Waals surface area contributed by atoms with Gasteiger partial charge in [-0.1, -0.05) is 12.2 Å². The number of carbonyl (C=O) groups excluding carboxylic acids is 1. The van der Waals surface area contributed by atoms with Gasteiger partial charge in [-0.2, -0.15) is 5.26 Å². The van der Waals surface area contributed by atoms with Crippen LogP contribution < -0.4 is 10.0 Å². The Bertz CT molecular complexity index is 1010. The number of hydrogen-bond donors (Lipinski definition) is 4. The molecule has 3 rings (SSSR count). The number of aromatic nitrogens is 1. The van der Waals surface area contributed by atoms with Crippen LogP contribution in [0.25, 0.3) is 6.08 Å². The van der Waals surface area contributed by atoms with Crippen molar-refractivity contribution >= 4 is 28.5 Å². The number of nitrogens with zero attached hydrogens (tertiary/aromatic N) is 2. The average Bonchev–Trinajstić information content (AvgIpc) is 2.87. The number of fused-ring (bicyclic) bond motifs is 1. The van der Waals surface area contributed by atoms with E-state index in [1.165, 1.54) is 12.1 Å². The largest absolute Gasteiger partial charge is 0.391 e. The summed E-state index contributed by atoms with van der Waals surface area (Å²) in [4.78, 5) is 13.5. The highest BCUT2D eigenvalue weighted by Crippen LogP contribution is 2.26. The fraction of sp³-hybridized carbons (Fsp3) is 0.222. The second-order valence-corrected chi connectivity index (χ2v) is 7.46. The van der Waals surface area contributed by atoms with Gasteiger partial charge in [-0.3, -0.25) is 9.57 Å². The van der Waals surface area contributed by atoms with Gasteiger partial charge in [-0.05, 0) is 36.0 Å². The molecule has 0 aliphatic carbocycles. The third kappa shape index (κ3) is 3.68. The number of nitriles is 1. The molecule has 9 heteroatoms. The second kappa shape index (κ2) is 7.44. The topological polar surface area (TPSA) is 114 Å². The Hall–Kier alpha value is -2.80. The number of aryl methyl sites for hydroxylation is 1. The van der Waals surface area contributed by atoms with E-state index in [4.69, 9.17) is 10.0 Å². The lowest BCUT2D eigenvalue weighted by molar-refractivity contribution is 0.101. The first-order valence-corrected chi connectivity index (χ1v) is 9.32. The Labute approximate surface area is 158 Å². The van der Waals surface area contributed by atoms with E-state index in [9.17, 15) is 14.3 Å². The number of halogens is 1. The SMILES string of the molecule is CC(O)C1C=Cc2c(cn(C)c2C(=O)Nc2ccc(F)c(C#N)c2)S(=N)N1. The standard InChI is InChI=1S/C18H18FN5O2S/c1-10(25)15-6-4-13-16(27(21)23-15)9-24(2)17(13)18(26)22-12-3-5-14(19)11(7-12)8-20/h3-7,9-10,15,25H,1-2H3,(H2,21,23)(H,22,26). The molecular formula is C18H18FN5O2S. The predicted octanol–water partition coefficient (Wildman–Crippen LogP) is 2.31. The molecule has 1 amide bonds. The van der Waals surface area contributed by atoms with E-state index in [-0.39, 0.29) is 5.56 Å². The van der Waals surface area contributed by atoms with E-state index < -0.39 is 34.7 Å². The Morgan fingerprint density at radius 1 is 1.56 bits per heavy atom. The maximum absolute atomic E-state index is 13.5. The van der Waals surface area contributed by atoms with Crippen molar-refractivity contribution in [2.75, 3.05) is 5.32 Å². The molecule has 2 aromatic rings. The maximum atomic E-state index is 13.5. The van der Waals surface area contributed by atoms with Gasteiger partial charge in [0.1, 0.15) is 17.6 Å². The van der Waals surface area contributed by atoms with E-state index >= 15 is 0 Å². The number of aliphatic hydroxyl groups excluding tert-OH is 1. The molecule has 1 aliphatic heterocycles. The molecule has 7 nitrogen and oxygen atoms in total. The molecule has 0 saturated carbocycles. The number of carbonyl (C=O) groups is 1. The maximum Gasteiger partial charge on any atom is 0.272 e. The third-order valence-electron chi connectivity index (χ3n) is 4.21. The first kappa shape index (κ1) is 19.0. The van der Waals surface area contributed by atoms with E-state index in [0.29, 0.717) is 21.8 Å². The monoisotopic (exact) mass is 387 g/mol. The highest BCUT2D eigenvalue weighted by molar-refractivity contribution is 7.84. The molecule has 3 atom stereocenters. The van der Waals surface area contributed by atoms with Crippen molar-refractivity contribution in [1.82, 2.24) is 9.29 Å². The smallest absolute Gasteiger partial charge is 0.272 e. The molecule has 0 bridgehead atoms. The van der Waals surface area contributed by atoms with Crippen molar-refractivity contribution in [3.63, 3.8) is 0 Å². The molecule has 0 radical (unpaired) electrons. The minimum absolute atomic E-state index is 0.157. The van der Waals surface area contributed by atoms with E-state index in [1.54, 1.807) is 43.0 Å². The number of nitrogens with one attached hydrogen (secondary N) is 3. The highest BCUT2D eigenvalue weighted by atomic mass is 32.2. The van der Waals surface area contributed by atoms with Crippen LogP contribution in [0.4, 0.5) is 10.1 Å². The van der Waals surface area contributed by atoms with Gasteiger partial charge in [0, 0.05) is 24.5 Å². The Balaban J connectivity index is 1.97. The Kier molecular flexibility index (Phi) is 5.23. The normalized spacial score (nSPS) is 19.7. The van der Waals surface area contributed by atoms with Crippen molar-refractivity contribution in [1.29, 1.82) is 10.0 Å². The van der Waals surface area contributed by atoms with Crippen molar-refractivity contribution < 1.29 is 14.3 Å². The molecule has 0 fully saturated rings. The zero-order valence-electron chi connectivity index (χ0n) is 14.7. The van der Waals surface area contributed by atoms with Crippen LogP contribution in [0.15, 0.2) is 35.4 Å². The molecule has 1 aromatic heterocycles. The quantitative estimate of drug-likeness (QED) is 0.647. The van der Waals surface area contributed by atoms with Crippen LogP contribution in [-0.2, 0) is 17.9 Å². The lowest BCUT2D eigenvalue weighted by Gasteiger charge is -2.16. The number of anilines is 1. The predicted molar refractivity (Wildman–Crippen MR) is 100 cm³/mol. The van der Waals surface area contributed by atoms with E-state index in [1.807, 2.05) is 0 Å². The zero-order valence-corrected chi connectivity index (χ0v) is 15.5. The van der Waals surface area contributed by atoms with Crippen LogP contribution in [0.5, 0.6) is 0 Å². The van der Waals surface area contributed by atoms with E-state index in [2.05, 4.69) is 10.0 Å². The first-order valence-electron chi connectivity index (χ1n) is 8.10. The Morgan fingerprint density at radius 3 is 2.96 bits per heavy atom. The second-order valence-electron chi connectivity index (χ2n) is 6.18. The van der Waals surface area contributed by atoms with Crippen molar-refractivity contribution in [3.05, 3.63) is 53.1 Å². The highest BCUT2D eigenvalue weighted by Gasteiger charge is 2.25. The number of aliphatic hydroxyl groups is 1. The minimum Gasteiger partial charge on any atom is -0.391 e. The van der Waals surface area contributed by atoms with Crippen LogP contribution in [-0.4, -0.2) is 27.7 Å². The van der Waals surface area contributed by atoms with Gasteiger partial charge in [-0.15, -0.1) is 0 Å². The third-order valence-corrected chi connectivity index (χ3v) is 5.48. The summed E-state index contributed by atoms with van der Waals surface area (Å²) in [6.45, 7) is 1.63. The molecule has 3 unspecified atom stereocenters. The fourth-order valence-electron chi connectivity index (χ4n) is 2.80. The van der Waals surface area contributed by atoms with Gasteiger partial charge in [0.15, 0.2) is 0 Å². The average molecular weight is 387 g/mol. The van der Waals surface area contributed by atoms with Gasteiger partial charge in [0.25, 0.3) is 5.91 Å². The molecule has 2 heterocycles. The summed E-state index contributed by atoms with van der Waals surface area (Å²) in [5.74, 6) is -1.09. The number of amides is 1. The fourth-order valence-corrected chi connectivity index (χ4v) is 4.12. The number of benzene rings is 1. The Morgan fingerprint density at radius 2 is 2.30 bits per heavy atom. The van der Waals surface area contributed by atoms with Gasteiger partial charge >= 0.3 is 0 Å². The lowest BCUT2D eigenvalue weighted by atomic mass is 10.1. The summed E-state index contributed by atoms with van der Waals surface area (Å²) in [5, 5.41) is 21.4. The molecule has 1 aliphatic rings. The summed E-state index contributed by atoms with van der Waals surface area (Å²) in [6, 6.07) is 5.11. The van der Waals surface area contributed by atoms with Crippen LogP contribution in [0, 0.1) is 21.9 Å². The van der Waals surface area contributed by atoms with Gasteiger partial charge in [0.2, 0.25) is 0 Å². The van der Waals surface area contributed by atoms with E-state index in [0.717, 1.165) is 6.07 Å². The van der Waals surface area contributed by atoms with Crippen molar-refractivity contribution in [2.24, 2.45) is 7.05 Å². The van der Waals surface area contributed by atoms with Crippen molar-refractivity contribution in [3.8, 4) is 6.07 Å². The van der Waals surface area contributed by atoms with Gasteiger partial charge < -0.3 is 15.0 Å². The summed E-state index contributed by atoms with van der Waals surface area (Å²) in [6.07, 6.45) is 4.47. The summed E-state index contributed by atoms with van der Waals surface area (Å²) in [5.41, 5.74) is 1.07. The molecule has 4 N–H and O–H groups in total. The first-order chi connectivity index (χ1) is 12.8. The van der Waals surface area contributed by atoms with Crippen LogP contribution in [0.2, 0.25) is 0 Å². The van der Waals surface area contributed by atoms with Crippen molar-refractivity contribution in [2.45, 2.75) is 24.0 Å². The van der Waals surface area contributed by atoms with Crippen LogP contribution in [0.1, 0.15) is 28.5 Å². The van der Waals surface area contributed by atoms with Crippen LogP contribution >= 0.6 is 0 Å². The van der Waals surface area contributed by atoms with Gasteiger partial charge in [-0.25, -0.2) is 9.11 Å². The number of rotatable bonds is 3. The minimum atomic E-state index is -1.11. The van der Waals surface area contributed by atoms with Crippen LogP contribution in [0.3, 0.4) is 0 Å². The summed E-state index contributed by atoms with van der Waals surface area (Å²) >= 11 is 0. The number of hydrogen-bond acceptors (Lipinski definition) is 4. The molecule has 140 valence electrons. The summed E-state index contributed by atoms with van der Waals surface area (Å²) < 4.78 is 26.4.